The SMILES string of the molecule is C[N+]1=C2C=NC=CC2C(=O)N(c2ccc(C[C@H](NC(=O)c3c(F)cc(NS(=O)(=O)c4ccc(-n5cccc5)cc4)cc3F)C(=O)O)cc2)C1=O. The standard InChI is InChI=1S/C34H26F2N6O7S/c1-40-29-19-37-13-12-25(29)32(44)42(34(40)47)23-6-4-20(5-7-23)16-28(33(45)46)38-31(43)30-26(35)17-21(18-27(30)36)39-50(48,49)24-10-8-22(9-11-24)41-14-2-3-15-41/h2-15,17-19,25,28H,16H2,1H3,(H2-,38,39,43,45,46)/p+1/t25?,28-/m0/s1. The third-order valence-electron chi connectivity index (χ3n) is 8.05. The van der Waals surface area contributed by atoms with Crippen LogP contribution in [-0.2, 0) is 26.0 Å². The zero-order valence-corrected chi connectivity index (χ0v) is 26.8. The molecule has 0 saturated carbocycles. The molecular weight excluding hydrogens is 674 g/mol. The molecule has 13 nitrogen and oxygen atoms in total. The van der Waals surface area contributed by atoms with E-state index >= 15 is 8.78 Å². The number of urea groups is 1. The maximum absolute atomic E-state index is 15.1. The molecule has 1 unspecified atom stereocenters. The van der Waals surface area contributed by atoms with Crippen molar-refractivity contribution in [3.05, 3.63) is 120 Å². The number of imide groups is 1. The van der Waals surface area contributed by atoms with Crippen LogP contribution in [0.3, 0.4) is 0 Å². The Hall–Kier alpha value is -6.29. The average Bonchev–Trinajstić information content (AvgIpc) is 3.63. The molecule has 3 aromatic carbocycles. The number of anilines is 2. The molecule has 3 heterocycles. The number of carboxylic acids is 1. The van der Waals surface area contributed by atoms with E-state index in [0.717, 1.165) is 4.90 Å². The molecular formula is C34H27F2N6O7S+. The lowest BCUT2D eigenvalue weighted by molar-refractivity contribution is -0.392. The van der Waals surface area contributed by atoms with Crippen molar-refractivity contribution in [1.82, 2.24) is 9.88 Å². The molecule has 50 heavy (non-hydrogen) atoms. The van der Waals surface area contributed by atoms with Gasteiger partial charge in [-0.1, -0.05) is 12.1 Å². The van der Waals surface area contributed by atoms with E-state index in [1.54, 1.807) is 47.3 Å². The number of hydrogen-bond acceptors (Lipinski definition) is 7. The van der Waals surface area contributed by atoms with Crippen LogP contribution in [0.4, 0.5) is 25.0 Å². The number of benzene rings is 3. The number of aromatic nitrogens is 1. The van der Waals surface area contributed by atoms with E-state index in [9.17, 15) is 32.7 Å². The van der Waals surface area contributed by atoms with Gasteiger partial charge in [0.2, 0.25) is 0 Å². The van der Waals surface area contributed by atoms with Crippen LogP contribution in [0.1, 0.15) is 15.9 Å². The van der Waals surface area contributed by atoms with E-state index in [1.165, 1.54) is 60.4 Å². The molecule has 2 aliphatic rings. The number of nitrogens with one attached hydrogen (secondary N) is 2. The zero-order chi connectivity index (χ0) is 35.7. The second-order valence-corrected chi connectivity index (χ2v) is 13.0. The van der Waals surface area contributed by atoms with E-state index in [0.29, 0.717) is 29.1 Å². The first kappa shape index (κ1) is 33.6. The second kappa shape index (κ2) is 13.3. The van der Waals surface area contributed by atoms with Crippen LogP contribution in [-0.4, -0.2) is 71.5 Å². The number of carbonyl (C=O) groups excluding carboxylic acids is 3. The summed E-state index contributed by atoms with van der Waals surface area (Å²) < 4.78 is 61.1. The van der Waals surface area contributed by atoms with Crippen molar-refractivity contribution >= 4 is 57.1 Å². The number of carbonyl (C=O) groups is 4. The smallest absolute Gasteiger partial charge is 0.480 e. The normalized spacial score (nSPS) is 16.3. The molecule has 0 radical (unpaired) electrons. The summed E-state index contributed by atoms with van der Waals surface area (Å²) in [5.41, 5.74) is 0.0661. The number of nitrogens with zero attached hydrogens (tertiary/aromatic N) is 4. The molecule has 2 aliphatic heterocycles. The monoisotopic (exact) mass is 701 g/mol. The van der Waals surface area contributed by atoms with Crippen molar-refractivity contribution in [2.24, 2.45) is 10.9 Å². The number of halogens is 2. The third kappa shape index (κ3) is 6.55. The Balaban J connectivity index is 1.14. The summed E-state index contributed by atoms with van der Waals surface area (Å²) >= 11 is 0. The van der Waals surface area contributed by atoms with Gasteiger partial charge in [0.05, 0.1) is 23.8 Å². The van der Waals surface area contributed by atoms with E-state index in [-0.39, 0.29) is 17.0 Å². The van der Waals surface area contributed by atoms with Gasteiger partial charge in [0.15, 0.2) is 0 Å². The molecule has 4 amide bonds. The molecule has 0 bridgehead atoms. The predicted molar refractivity (Wildman–Crippen MR) is 177 cm³/mol. The summed E-state index contributed by atoms with van der Waals surface area (Å²) in [6.07, 6.45) is 7.66. The molecule has 0 saturated heterocycles. The van der Waals surface area contributed by atoms with Crippen LogP contribution in [0, 0.1) is 17.6 Å². The van der Waals surface area contributed by atoms with Gasteiger partial charge in [-0.2, -0.15) is 9.37 Å². The molecule has 0 fully saturated rings. The average molecular weight is 702 g/mol. The number of rotatable bonds is 10. The first-order valence-electron chi connectivity index (χ1n) is 14.9. The van der Waals surface area contributed by atoms with Crippen molar-refractivity contribution in [2.75, 3.05) is 16.7 Å². The topological polar surface area (TPSA) is 170 Å². The molecule has 1 aromatic heterocycles. The van der Waals surface area contributed by atoms with Gasteiger partial charge < -0.3 is 15.0 Å². The highest BCUT2D eigenvalue weighted by atomic mass is 32.2. The molecule has 254 valence electrons. The molecule has 3 N–H and O–H groups in total. The number of carboxylic acid groups (broad SMARTS) is 1. The number of aliphatic carboxylic acids is 1. The van der Waals surface area contributed by atoms with Gasteiger partial charge in [-0.25, -0.2) is 26.8 Å². The molecule has 0 aliphatic carbocycles. The van der Waals surface area contributed by atoms with Gasteiger partial charge in [0, 0.05) is 30.7 Å². The Kier molecular flexibility index (Phi) is 8.95. The van der Waals surface area contributed by atoms with Crippen LogP contribution >= 0.6 is 0 Å². The van der Waals surface area contributed by atoms with Crippen LogP contribution in [0.5, 0.6) is 0 Å². The van der Waals surface area contributed by atoms with Gasteiger partial charge in [-0.3, -0.25) is 14.5 Å². The van der Waals surface area contributed by atoms with Crippen LogP contribution in [0.15, 0.2) is 107 Å². The van der Waals surface area contributed by atoms with Gasteiger partial charge in [0.1, 0.15) is 40.6 Å². The lowest BCUT2D eigenvalue weighted by atomic mass is 9.97. The van der Waals surface area contributed by atoms with Gasteiger partial charge >= 0.3 is 17.9 Å². The maximum atomic E-state index is 15.1. The van der Waals surface area contributed by atoms with E-state index < -0.39 is 68.7 Å². The molecule has 6 rings (SSSR count). The summed E-state index contributed by atoms with van der Waals surface area (Å²) in [4.78, 5) is 55.8. The summed E-state index contributed by atoms with van der Waals surface area (Å²) in [5, 5.41) is 11.9. The number of amides is 4. The summed E-state index contributed by atoms with van der Waals surface area (Å²) in [6, 6.07) is 14.0. The Morgan fingerprint density at radius 3 is 2.22 bits per heavy atom. The van der Waals surface area contributed by atoms with Crippen molar-refractivity contribution < 1.29 is 46.1 Å². The van der Waals surface area contributed by atoms with E-state index in [2.05, 4.69) is 15.0 Å². The largest absolute Gasteiger partial charge is 0.506 e. The molecule has 0 spiro atoms. The van der Waals surface area contributed by atoms with Gasteiger partial charge in [-0.05, 0) is 72.3 Å². The van der Waals surface area contributed by atoms with Crippen LogP contribution < -0.4 is 14.9 Å². The second-order valence-electron chi connectivity index (χ2n) is 11.3. The number of sulfonamides is 1. The summed E-state index contributed by atoms with van der Waals surface area (Å²) in [6.45, 7) is 0. The van der Waals surface area contributed by atoms with Crippen LogP contribution in [0.2, 0.25) is 0 Å². The summed E-state index contributed by atoms with van der Waals surface area (Å²) in [7, 11) is -2.77. The predicted octanol–water partition coefficient (Wildman–Crippen LogP) is 3.75. The molecule has 2 atom stereocenters. The van der Waals surface area contributed by atoms with Crippen LogP contribution in [0.25, 0.3) is 5.69 Å². The fraction of sp³-hybridized carbons (Fsp3) is 0.118. The highest BCUT2D eigenvalue weighted by Gasteiger charge is 2.47. The molecule has 4 aromatic rings. The first-order chi connectivity index (χ1) is 23.8. The highest BCUT2D eigenvalue weighted by molar-refractivity contribution is 7.92. The van der Waals surface area contributed by atoms with E-state index in [4.69, 9.17) is 0 Å². The fourth-order valence-electron chi connectivity index (χ4n) is 5.48. The Bertz CT molecular complexity index is 2210. The lowest BCUT2D eigenvalue weighted by Gasteiger charge is -2.24. The highest BCUT2D eigenvalue weighted by Crippen LogP contribution is 2.26. The summed E-state index contributed by atoms with van der Waals surface area (Å²) in [5.74, 6) is -6.98. The fourth-order valence-corrected chi connectivity index (χ4v) is 6.52. The van der Waals surface area contributed by atoms with Crippen molar-refractivity contribution in [3.8, 4) is 5.69 Å². The molecule has 16 heteroatoms. The van der Waals surface area contributed by atoms with Gasteiger partial charge in [0.25, 0.3) is 15.9 Å². The minimum absolute atomic E-state index is 0.182. The number of aliphatic imine (C=N–C) groups is 1. The zero-order valence-electron chi connectivity index (χ0n) is 26.0. The van der Waals surface area contributed by atoms with Gasteiger partial charge in [-0.15, -0.1) is 4.90 Å². The quantitative estimate of drug-likeness (QED) is 0.212. The number of fused-ring (bicyclic) bond motifs is 1. The Morgan fingerprint density at radius 1 is 0.980 bits per heavy atom. The van der Waals surface area contributed by atoms with Crippen molar-refractivity contribution in [2.45, 2.75) is 17.4 Å². The number of hydrogen-bond donors (Lipinski definition) is 3. The van der Waals surface area contributed by atoms with Crippen molar-refractivity contribution in [1.29, 1.82) is 0 Å². The third-order valence-corrected chi connectivity index (χ3v) is 9.45. The lowest BCUT2D eigenvalue weighted by Crippen LogP contribution is -2.54. The van der Waals surface area contributed by atoms with Crippen molar-refractivity contribution in [3.63, 3.8) is 0 Å². The van der Waals surface area contributed by atoms with E-state index in [1.807, 2.05) is 0 Å². The minimum Gasteiger partial charge on any atom is -0.480 e. The minimum atomic E-state index is -4.28. The Labute approximate surface area is 283 Å². The first-order valence-corrected chi connectivity index (χ1v) is 16.4. The Morgan fingerprint density at radius 2 is 1.60 bits per heavy atom. The maximum Gasteiger partial charge on any atom is 0.506 e.